The van der Waals surface area contributed by atoms with Crippen molar-refractivity contribution in [3.8, 4) is 5.75 Å². The van der Waals surface area contributed by atoms with E-state index in [1.54, 1.807) is 4.68 Å². The average Bonchev–Trinajstić information content (AvgIpc) is 3.12. The number of amides is 1. The van der Waals surface area contributed by atoms with Crippen LogP contribution in [0.15, 0.2) is 28.3 Å². The second kappa shape index (κ2) is 10.1. The number of nitrogens with zero attached hydrogens (tertiary/aromatic N) is 4. The van der Waals surface area contributed by atoms with Gasteiger partial charge in [-0.25, -0.2) is 9.48 Å². The number of halogens is 3. The van der Waals surface area contributed by atoms with E-state index in [1.165, 1.54) is 0 Å². The van der Waals surface area contributed by atoms with E-state index in [1.807, 2.05) is 27.7 Å². The Kier molecular flexibility index (Phi) is 8.01. The number of carboxylic acid groups (broad SMARTS) is 1. The first-order valence-corrected chi connectivity index (χ1v) is 10.7. The molecule has 0 aliphatic carbocycles. The Morgan fingerprint density at radius 3 is 2.48 bits per heavy atom. The molecule has 2 rings (SSSR count). The van der Waals surface area contributed by atoms with Gasteiger partial charge in [-0.3, -0.25) is 4.79 Å². The average molecular weight is 488 g/mol. The molecule has 0 unspecified atom stereocenters. The molecule has 1 aromatic heterocycles. The zero-order valence-corrected chi connectivity index (χ0v) is 19.3. The summed E-state index contributed by atoms with van der Waals surface area (Å²) in [5.41, 5.74) is 3.15. The second-order valence-corrected chi connectivity index (χ2v) is 8.97. The normalized spacial score (nSPS) is 13.3. The zero-order chi connectivity index (χ0) is 25.0. The van der Waals surface area contributed by atoms with Crippen molar-refractivity contribution in [3.63, 3.8) is 0 Å². The molecule has 9 nitrogen and oxygen atoms in total. The molecule has 0 aliphatic heterocycles. The standard InChI is InChI=1S/C20H24F3N5O4S/c1-5-6-9-28-18(33-17(26-28)19(2,3)4)25-15(29)12-10-11(20(21,22)23)7-8-13(12)32-27-14(24)16(30)31/h7-8,10H,5-6,9H2,1-4H3,(H2,24,27)(H,30,31)/b25-18-. The lowest BCUT2D eigenvalue weighted by Crippen LogP contribution is -2.24. The SMILES string of the molecule is CCCCn1nc(C(C)(C)C)s/c1=N\C(=O)c1cc(C(F)(F)F)ccc1O/N=C(\N)C(=O)O. The van der Waals surface area contributed by atoms with E-state index < -0.39 is 40.8 Å². The van der Waals surface area contributed by atoms with Gasteiger partial charge in [0, 0.05) is 12.0 Å². The Labute approximate surface area is 191 Å². The van der Waals surface area contributed by atoms with Crippen LogP contribution in [0.4, 0.5) is 13.2 Å². The van der Waals surface area contributed by atoms with E-state index in [0.29, 0.717) is 23.7 Å². The molecule has 0 bridgehead atoms. The lowest BCUT2D eigenvalue weighted by atomic mass is 9.98. The minimum atomic E-state index is -4.73. The van der Waals surface area contributed by atoms with Crippen LogP contribution in [-0.4, -0.2) is 32.6 Å². The molecule has 0 aliphatic rings. The molecule has 1 heterocycles. The summed E-state index contributed by atoms with van der Waals surface area (Å²) in [4.78, 5) is 32.8. The van der Waals surface area contributed by atoms with Gasteiger partial charge in [0.25, 0.3) is 5.91 Å². The van der Waals surface area contributed by atoms with Crippen LogP contribution in [0, 0.1) is 0 Å². The van der Waals surface area contributed by atoms with Crippen molar-refractivity contribution in [1.82, 2.24) is 9.78 Å². The Morgan fingerprint density at radius 2 is 1.94 bits per heavy atom. The Morgan fingerprint density at radius 1 is 1.27 bits per heavy atom. The number of aryl methyl sites for hydroxylation is 1. The van der Waals surface area contributed by atoms with E-state index >= 15 is 0 Å². The molecule has 180 valence electrons. The van der Waals surface area contributed by atoms with E-state index in [4.69, 9.17) is 15.7 Å². The first-order chi connectivity index (χ1) is 15.2. The highest BCUT2D eigenvalue weighted by atomic mass is 32.1. The van der Waals surface area contributed by atoms with Crippen molar-refractivity contribution < 1.29 is 32.7 Å². The number of alkyl halides is 3. The number of aromatic nitrogens is 2. The van der Waals surface area contributed by atoms with E-state index in [0.717, 1.165) is 30.2 Å². The molecule has 3 N–H and O–H groups in total. The van der Waals surface area contributed by atoms with E-state index in [-0.39, 0.29) is 10.2 Å². The zero-order valence-electron chi connectivity index (χ0n) is 18.4. The van der Waals surface area contributed by atoms with Crippen LogP contribution in [-0.2, 0) is 22.9 Å². The fraction of sp³-hybridized carbons (Fsp3) is 0.450. The third-order valence-corrected chi connectivity index (χ3v) is 5.55. The maximum atomic E-state index is 13.2. The fourth-order valence-corrected chi connectivity index (χ4v) is 3.37. The highest BCUT2D eigenvalue weighted by Crippen LogP contribution is 2.33. The van der Waals surface area contributed by atoms with E-state index in [9.17, 15) is 22.8 Å². The number of nitrogens with two attached hydrogens (primary N) is 1. The Bertz CT molecular complexity index is 1130. The lowest BCUT2D eigenvalue weighted by Gasteiger charge is -2.12. The Hall–Kier alpha value is -3.22. The molecule has 0 saturated heterocycles. The van der Waals surface area contributed by atoms with Crippen molar-refractivity contribution >= 4 is 29.0 Å². The van der Waals surface area contributed by atoms with Gasteiger partial charge in [0.1, 0.15) is 5.01 Å². The van der Waals surface area contributed by atoms with Gasteiger partial charge in [0.15, 0.2) is 5.75 Å². The smallest absolute Gasteiger partial charge is 0.416 e. The van der Waals surface area contributed by atoms with Gasteiger partial charge in [-0.05, 0) is 24.6 Å². The number of oxime groups is 1. The third kappa shape index (κ3) is 6.88. The van der Waals surface area contributed by atoms with Crippen LogP contribution < -0.4 is 15.4 Å². The summed E-state index contributed by atoms with van der Waals surface area (Å²) < 4.78 is 41.2. The van der Waals surface area contributed by atoms with Gasteiger partial charge in [-0.15, -0.1) is 0 Å². The molecular weight excluding hydrogens is 463 g/mol. The summed E-state index contributed by atoms with van der Waals surface area (Å²) in [6.07, 6.45) is -3.12. The number of carbonyl (C=O) groups is 2. The van der Waals surface area contributed by atoms with Crippen molar-refractivity contribution in [2.45, 2.75) is 58.7 Å². The maximum absolute atomic E-state index is 13.2. The third-order valence-electron chi connectivity index (χ3n) is 4.18. The summed E-state index contributed by atoms with van der Waals surface area (Å²) in [6, 6.07) is 2.09. The molecule has 0 radical (unpaired) electrons. The molecule has 2 aromatic rings. The maximum Gasteiger partial charge on any atom is 0.416 e. The quantitative estimate of drug-likeness (QED) is 0.364. The summed E-state index contributed by atoms with van der Waals surface area (Å²) in [6.45, 7) is 8.26. The predicted octanol–water partition coefficient (Wildman–Crippen LogP) is 3.54. The van der Waals surface area contributed by atoms with Crippen molar-refractivity contribution in [3.05, 3.63) is 39.1 Å². The highest BCUT2D eigenvalue weighted by Gasteiger charge is 2.32. The molecule has 0 atom stereocenters. The number of rotatable bonds is 6. The largest absolute Gasteiger partial charge is 0.475 e. The number of aliphatic carboxylic acids is 1. The second-order valence-electron chi connectivity index (χ2n) is 8.02. The summed E-state index contributed by atoms with van der Waals surface area (Å²) >= 11 is 1.15. The van der Waals surface area contributed by atoms with Crippen LogP contribution in [0.2, 0.25) is 0 Å². The Balaban J connectivity index is 2.61. The number of hydrogen-bond acceptors (Lipinski definition) is 6. The molecular formula is C20H24F3N5O4S. The topological polar surface area (TPSA) is 132 Å². The monoisotopic (exact) mass is 487 g/mol. The number of carboxylic acids is 1. The van der Waals surface area contributed by atoms with Gasteiger partial charge in [-0.1, -0.05) is 50.6 Å². The molecule has 0 fully saturated rings. The van der Waals surface area contributed by atoms with Crippen LogP contribution in [0.5, 0.6) is 5.75 Å². The number of unbranched alkanes of at least 4 members (excludes halogenated alkanes) is 1. The van der Waals surface area contributed by atoms with Gasteiger partial charge < -0.3 is 15.7 Å². The summed E-state index contributed by atoms with van der Waals surface area (Å²) in [5, 5.41) is 17.1. The van der Waals surface area contributed by atoms with Gasteiger partial charge in [0.2, 0.25) is 10.6 Å². The number of amidine groups is 1. The first-order valence-electron chi connectivity index (χ1n) is 9.86. The van der Waals surface area contributed by atoms with Gasteiger partial charge >= 0.3 is 12.1 Å². The summed E-state index contributed by atoms with van der Waals surface area (Å²) in [7, 11) is 0. The molecule has 1 aromatic carbocycles. The predicted molar refractivity (Wildman–Crippen MR) is 115 cm³/mol. The van der Waals surface area contributed by atoms with Crippen molar-refractivity contribution in [2.75, 3.05) is 0 Å². The van der Waals surface area contributed by atoms with E-state index in [2.05, 4.69) is 15.2 Å². The van der Waals surface area contributed by atoms with Crippen molar-refractivity contribution in [1.29, 1.82) is 0 Å². The molecule has 33 heavy (non-hydrogen) atoms. The van der Waals surface area contributed by atoms with Crippen LogP contribution in [0.3, 0.4) is 0 Å². The van der Waals surface area contributed by atoms with Crippen LogP contribution in [0.25, 0.3) is 0 Å². The number of benzene rings is 1. The molecule has 13 heteroatoms. The molecule has 1 amide bonds. The number of hydrogen-bond donors (Lipinski definition) is 2. The number of carbonyl (C=O) groups excluding carboxylic acids is 1. The molecule has 0 saturated carbocycles. The fourth-order valence-electron chi connectivity index (χ4n) is 2.39. The van der Waals surface area contributed by atoms with Crippen LogP contribution >= 0.6 is 11.3 Å². The van der Waals surface area contributed by atoms with Gasteiger partial charge in [-0.2, -0.15) is 23.3 Å². The van der Waals surface area contributed by atoms with Crippen LogP contribution in [0.1, 0.15) is 61.5 Å². The minimum Gasteiger partial charge on any atom is -0.475 e. The van der Waals surface area contributed by atoms with Crippen molar-refractivity contribution in [2.24, 2.45) is 15.9 Å². The lowest BCUT2D eigenvalue weighted by molar-refractivity contribution is -0.137. The molecule has 0 spiro atoms. The minimum absolute atomic E-state index is 0.218. The highest BCUT2D eigenvalue weighted by molar-refractivity contribution is 7.09. The van der Waals surface area contributed by atoms with Gasteiger partial charge in [0.05, 0.1) is 11.1 Å². The summed E-state index contributed by atoms with van der Waals surface area (Å²) in [5.74, 6) is -4.01. The first kappa shape index (κ1) is 26.0.